The Kier molecular flexibility index (Phi) is 3.24. The summed E-state index contributed by atoms with van der Waals surface area (Å²) >= 11 is 1.80. The molecule has 78 valence electrons. The smallest absolute Gasteiger partial charge is 0.00173 e. The third-order valence-electron chi connectivity index (χ3n) is 3.51. The Morgan fingerprint density at radius 2 is 2.07 bits per heavy atom. The van der Waals surface area contributed by atoms with Gasteiger partial charge in [-0.15, -0.1) is 0 Å². The van der Waals surface area contributed by atoms with Crippen LogP contribution < -0.4 is 5.73 Å². The zero-order valence-electron chi connectivity index (χ0n) is 8.67. The largest absolute Gasteiger partial charge is 0.330 e. The first-order valence-corrected chi connectivity index (χ1v) is 6.50. The fourth-order valence-corrected chi connectivity index (χ4v) is 3.25. The molecule has 0 amide bonds. The van der Waals surface area contributed by atoms with Crippen LogP contribution in [0.2, 0.25) is 0 Å². The molecule has 1 nitrogen and oxygen atoms in total. The highest BCUT2D eigenvalue weighted by molar-refractivity contribution is 7.07. The van der Waals surface area contributed by atoms with Crippen LogP contribution in [-0.2, 0) is 6.42 Å². The van der Waals surface area contributed by atoms with Crippen LogP contribution in [0.15, 0.2) is 16.8 Å². The molecule has 1 aromatic rings. The second-order valence-electron chi connectivity index (χ2n) is 4.57. The van der Waals surface area contributed by atoms with E-state index in [1.807, 2.05) is 0 Å². The molecule has 1 heterocycles. The standard InChI is InChI=1S/C12H19NS/c13-10-12(5-2-1-3-6-12)8-11-4-7-14-9-11/h4,7,9H,1-3,5-6,8,10,13H2. The first-order valence-electron chi connectivity index (χ1n) is 5.56. The van der Waals surface area contributed by atoms with Gasteiger partial charge in [-0.2, -0.15) is 11.3 Å². The molecule has 0 aliphatic heterocycles. The van der Waals surface area contributed by atoms with Crippen molar-refractivity contribution in [3.63, 3.8) is 0 Å². The highest BCUT2D eigenvalue weighted by Crippen LogP contribution is 2.38. The maximum Gasteiger partial charge on any atom is -0.00173 e. The summed E-state index contributed by atoms with van der Waals surface area (Å²) in [5.74, 6) is 0. The van der Waals surface area contributed by atoms with Gasteiger partial charge < -0.3 is 5.73 Å². The highest BCUT2D eigenvalue weighted by atomic mass is 32.1. The van der Waals surface area contributed by atoms with Crippen molar-refractivity contribution in [1.29, 1.82) is 0 Å². The lowest BCUT2D eigenvalue weighted by atomic mass is 9.71. The van der Waals surface area contributed by atoms with Gasteiger partial charge in [0, 0.05) is 0 Å². The number of thiophene rings is 1. The molecule has 0 unspecified atom stereocenters. The molecule has 1 aliphatic carbocycles. The molecule has 0 spiro atoms. The second-order valence-corrected chi connectivity index (χ2v) is 5.35. The molecule has 1 fully saturated rings. The minimum atomic E-state index is 0.430. The van der Waals surface area contributed by atoms with Crippen molar-refractivity contribution in [3.8, 4) is 0 Å². The van der Waals surface area contributed by atoms with Crippen molar-refractivity contribution < 1.29 is 0 Å². The Balaban J connectivity index is 2.04. The van der Waals surface area contributed by atoms with E-state index in [1.165, 1.54) is 44.1 Å². The fourth-order valence-electron chi connectivity index (χ4n) is 2.58. The van der Waals surface area contributed by atoms with E-state index in [0.717, 1.165) is 6.54 Å². The van der Waals surface area contributed by atoms with Crippen molar-refractivity contribution in [2.75, 3.05) is 6.54 Å². The van der Waals surface area contributed by atoms with Crippen molar-refractivity contribution in [2.24, 2.45) is 11.1 Å². The lowest BCUT2D eigenvalue weighted by Crippen LogP contribution is -2.34. The lowest BCUT2D eigenvalue weighted by molar-refractivity contribution is 0.197. The van der Waals surface area contributed by atoms with Crippen LogP contribution in [0, 0.1) is 5.41 Å². The van der Waals surface area contributed by atoms with E-state index < -0.39 is 0 Å². The molecular weight excluding hydrogens is 190 g/mol. The van der Waals surface area contributed by atoms with Gasteiger partial charge in [-0.05, 0) is 53.6 Å². The average Bonchev–Trinajstić information content (AvgIpc) is 2.72. The van der Waals surface area contributed by atoms with Gasteiger partial charge in [0.1, 0.15) is 0 Å². The minimum Gasteiger partial charge on any atom is -0.330 e. The molecule has 1 aliphatic rings. The molecule has 0 aromatic carbocycles. The van der Waals surface area contributed by atoms with Crippen LogP contribution in [0.1, 0.15) is 37.7 Å². The predicted octanol–water partition coefficient (Wildman–Crippen LogP) is 3.20. The number of hydrogen-bond donors (Lipinski definition) is 1. The van der Waals surface area contributed by atoms with E-state index in [2.05, 4.69) is 16.8 Å². The summed E-state index contributed by atoms with van der Waals surface area (Å²) < 4.78 is 0. The molecule has 0 atom stereocenters. The van der Waals surface area contributed by atoms with Gasteiger partial charge in [0.25, 0.3) is 0 Å². The quantitative estimate of drug-likeness (QED) is 0.813. The van der Waals surface area contributed by atoms with E-state index in [9.17, 15) is 0 Å². The van der Waals surface area contributed by atoms with Crippen LogP contribution >= 0.6 is 11.3 Å². The predicted molar refractivity (Wildman–Crippen MR) is 62.6 cm³/mol. The zero-order valence-corrected chi connectivity index (χ0v) is 9.48. The van der Waals surface area contributed by atoms with Gasteiger partial charge in [-0.1, -0.05) is 19.3 Å². The van der Waals surface area contributed by atoms with E-state index in [-0.39, 0.29) is 0 Å². The first-order chi connectivity index (χ1) is 6.85. The van der Waals surface area contributed by atoms with Crippen LogP contribution in [0.4, 0.5) is 0 Å². The molecule has 14 heavy (non-hydrogen) atoms. The SMILES string of the molecule is NCC1(Cc2ccsc2)CCCCC1. The molecule has 2 N–H and O–H groups in total. The van der Waals surface area contributed by atoms with Gasteiger partial charge in [-0.25, -0.2) is 0 Å². The van der Waals surface area contributed by atoms with Crippen molar-refractivity contribution in [3.05, 3.63) is 22.4 Å². The van der Waals surface area contributed by atoms with Gasteiger partial charge in [0.15, 0.2) is 0 Å². The third-order valence-corrected chi connectivity index (χ3v) is 4.24. The average molecular weight is 209 g/mol. The van der Waals surface area contributed by atoms with Crippen LogP contribution in [0.5, 0.6) is 0 Å². The highest BCUT2D eigenvalue weighted by Gasteiger charge is 2.30. The van der Waals surface area contributed by atoms with Crippen molar-refractivity contribution in [1.82, 2.24) is 0 Å². The lowest BCUT2D eigenvalue weighted by Gasteiger charge is -2.36. The normalized spacial score (nSPS) is 20.9. The Morgan fingerprint density at radius 1 is 1.29 bits per heavy atom. The maximum absolute atomic E-state index is 5.96. The van der Waals surface area contributed by atoms with Gasteiger partial charge >= 0.3 is 0 Å². The Bertz CT molecular complexity index is 260. The maximum atomic E-state index is 5.96. The molecule has 0 radical (unpaired) electrons. The molecule has 0 saturated heterocycles. The minimum absolute atomic E-state index is 0.430. The van der Waals surface area contributed by atoms with Crippen molar-refractivity contribution in [2.45, 2.75) is 38.5 Å². The van der Waals surface area contributed by atoms with Crippen molar-refractivity contribution >= 4 is 11.3 Å². The molecular formula is C12H19NS. The van der Waals surface area contributed by atoms with E-state index in [0.29, 0.717) is 5.41 Å². The first kappa shape index (κ1) is 10.2. The molecule has 1 aromatic heterocycles. The summed E-state index contributed by atoms with van der Waals surface area (Å²) in [4.78, 5) is 0. The zero-order chi connectivity index (χ0) is 9.86. The Hall–Kier alpha value is -0.340. The van der Waals surface area contributed by atoms with E-state index in [4.69, 9.17) is 5.73 Å². The molecule has 0 bridgehead atoms. The summed E-state index contributed by atoms with van der Waals surface area (Å²) in [6, 6.07) is 2.25. The Labute approximate surface area is 90.3 Å². The summed E-state index contributed by atoms with van der Waals surface area (Å²) in [5.41, 5.74) is 7.88. The molecule has 1 saturated carbocycles. The second kappa shape index (κ2) is 4.45. The topological polar surface area (TPSA) is 26.0 Å². The molecule has 2 rings (SSSR count). The molecule has 2 heteroatoms. The number of rotatable bonds is 3. The van der Waals surface area contributed by atoms with Crippen LogP contribution in [0.25, 0.3) is 0 Å². The van der Waals surface area contributed by atoms with E-state index >= 15 is 0 Å². The Morgan fingerprint density at radius 3 is 2.64 bits per heavy atom. The summed E-state index contributed by atoms with van der Waals surface area (Å²) in [5, 5.41) is 4.44. The van der Waals surface area contributed by atoms with Crippen LogP contribution in [0.3, 0.4) is 0 Å². The third kappa shape index (κ3) is 2.18. The van der Waals surface area contributed by atoms with E-state index in [1.54, 1.807) is 11.3 Å². The van der Waals surface area contributed by atoms with Gasteiger partial charge in [-0.3, -0.25) is 0 Å². The summed E-state index contributed by atoms with van der Waals surface area (Å²) in [6.45, 7) is 0.864. The monoisotopic (exact) mass is 209 g/mol. The number of hydrogen-bond acceptors (Lipinski definition) is 2. The number of nitrogens with two attached hydrogens (primary N) is 1. The fraction of sp³-hybridized carbons (Fsp3) is 0.667. The van der Waals surface area contributed by atoms with Gasteiger partial charge in [0.05, 0.1) is 0 Å². The van der Waals surface area contributed by atoms with Gasteiger partial charge in [0.2, 0.25) is 0 Å². The summed E-state index contributed by atoms with van der Waals surface area (Å²) in [7, 11) is 0. The van der Waals surface area contributed by atoms with Crippen LogP contribution in [-0.4, -0.2) is 6.54 Å². The summed E-state index contributed by atoms with van der Waals surface area (Å²) in [6.07, 6.45) is 8.03.